The van der Waals surface area contributed by atoms with Crippen molar-refractivity contribution in [1.82, 2.24) is 0 Å². The molecule has 0 bridgehead atoms. The van der Waals surface area contributed by atoms with Gasteiger partial charge in [-0.25, -0.2) is 4.90 Å². The first kappa shape index (κ1) is 18.4. The summed E-state index contributed by atoms with van der Waals surface area (Å²) in [6.07, 6.45) is 0. The van der Waals surface area contributed by atoms with Crippen LogP contribution in [0.2, 0.25) is 0 Å². The van der Waals surface area contributed by atoms with Gasteiger partial charge in [0.1, 0.15) is 0 Å². The Labute approximate surface area is 157 Å². The minimum atomic E-state index is -0.325. The van der Waals surface area contributed by atoms with E-state index >= 15 is 0 Å². The van der Waals surface area contributed by atoms with Crippen LogP contribution in [-0.4, -0.2) is 29.3 Å². The van der Waals surface area contributed by atoms with Gasteiger partial charge >= 0.3 is 0 Å². The zero-order valence-electron chi connectivity index (χ0n) is 15.1. The highest BCUT2D eigenvalue weighted by Gasteiger charge is 2.40. The van der Waals surface area contributed by atoms with Crippen LogP contribution in [0.15, 0.2) is 47.4 Å². The van der Waals surface area contributed by atoms with E-state index in [0.29, 0.717) is 21.9 Å². The maximum Gasteiger partial charge on any atom is 0.272 e. The summed E-state index contributed by atoms with van der Waals surface area (Å²) in [6, 6.07) is 13.3. The van der Waals surface area contributed by atoms with Crippen LogP contribution < -0.4 is 4.90 Å². The highest BCUT2D eigenvalue weighted by molar-refractivity contribution is 8.04. The quantitative estimate of drug-likeness (QED) is 0.820. The van der Waals surface area contributed by atoms with Crippen molar-refractivity contribution >= 4 is 34.8 Å². The third-order valence-corrected chi connectivity index (χ3v) is 5.24. The molecule has 3 rings (SSSR count). The molecule has 5 heteroatoms. The van der Waals surface area contributed by atoms with E-state index in [1.165, 1.54) is 16.7 Å². The molecule has 0 aliphatic carbocycles. The molecule has 1 aliphatic rings. The molecule has 134 valence electrons. The van der Waals surface area contributed by atoms with Crippen LogP contribution in [0.4, 0.5) is 5.69 Å². The molecule has 0 fully saturated rings. The van der Waals surface area contributed by atoms with Crippen molar-refractivity contribution in [2.75, 3.05) is 17.3 Å². The highest BCUT2D eigenvalue weighted by Crippen LogP contribution is 2.38. The molecule has 2 aromatic carbocycles. The van der Waals surface area contributed by atoms with E-state index in [0.717, 1.165) is 22.3 Å². The van der Waals surface area contributed by atoms with Gasteiger partial charge in [-0.05, 0) is 49.6 Å². The van der Waals surface area contributed by atoms with Gasteiger partial charge in [-0.2, -0.15) is 0 Å². The molecular formula is C21H21NO3S. The molecule has 2 amide bonds. The minimum Gasteiger partial charge on any atom is -0.396 e. The molecule has 0 saturated heterocycles. The van der Waals surface area contributed by atoms with Gasteiger partial charge in [0.05, 0.1) is 22.8 Å². The van der Waals surface area contributed by atoms with Gasteiger partial charge in [0.25, 0.3) is 11.8 Å². The molecule has 1 heterocycles. The van der Waals surface area contributed by atoms with E-state index in [4.69, 9.17) is 0 Å². The zero-order chi connectivity index (χ0) is 18.8. The Balaban J connectivity index is 2.09. The maximum atomic E-state index is 13.2. The van der Waals surface area contributed by atoms with E-state index in [1.54, 1.807) is 0 Å². The summed E-state index contributed by atoms with van der Waals surface area (Å²) in [7, 11) is 0. The Morgan fingerprint density at radius 1 is 0.885 bits per heavy atom. The Hall–Kier alpha value is -2.37. The van der Waals surface area contributed by atoms with Crippen molar-refractivity contribution in [3.63, 3.8) is 0 Å². The Kier molecular flexibility index (Phi) is 5.30. The Morgan fingerprint density at radius 2 is 1.50 bits per heavy atom. The second kappa shape index (κ2) is 7.48. The van der Waals surface area contributed by atoms with Gasteiger partial charge in [0, 0.05) is 5.75 Å². The number of amides is 2. The third-order valence-electron chi connectivity index (χ3n) is 4.18. The smallest absolute Gasteiger partial charge is 0.272 e. The van der Waals surface area contributed by atoms with Gasteiger partial charge in [0.2, 0.25) is 0 Å². The number of aliphatic hydroxyl groups excluding tert-OH is 1. The molecule has 0 atom stereocenters. The van der Waals surface area contributed by atoms with Gasteiger partial charge in [-0.15, -0.1) is 11.8 Å². The molecule has 0 unspecified atom stereocenters. The first-order valence-corrected chi connectivity index (χ1v) is 9.43. The number of nitrogens with zero attached hydrogens (tertiary/aromatic N) is 1. The molecule has 26 heavy (non-hydrogen) atoms. The van der Waals surface area contributed by atoms with Crippen molar-refractivity contribution in [2.45, 2.75) is 20.8 Å². The van der Waals surface area contributed by atoms with Crippen molar-refractivity contribution in [1.29, 1.82) is 0 Å². The number of benzene rings is 2. The predicted molar refractivity (Wildman–Crippen MR) is 106 cm³/mol. The van der Waals surface area contributed by atoms with E-state index in [9.17, 15) is 14.7 Å². The topological polar surface area (TPSA) is 57.6 Å². The first-order valence-electron chi connectivity index (χ1n) is 8.44. The van der Waals surface area contributed by atoms with Gasteiger partial charge in [0.15, 0.2) is 0 Å². The summed E-state index contributed by atoms with van der Waals surface area (Å²) in [5, 5.41) is 9.17. The molecule has 0 spiro atoms. The van der Waals surface area contributed by atoms with Crippen LogP contribution >= 0.6 is 11.8 Å². The standard InChI is InChI=1S/C21H21NO3S/c1-13-4-6-16(7-5-13)18-19(26-9-8-23)21(25)22(20(18)24)17-11-14(2)10-15(3)12-17/h4-7,10-12,23H,8-9H2,1-3H3. The molecule has 1 aliphatic heterocycles. The monoisotopic (exact) mass is 367 g/mol. The summed E-state index contributed by atoms with van der Waals surface area (Å²) in [5.74, 6) is -0.275. The third kappa shape index (κ3) is 3.45. The van der Waals surface area contributed by atoms with Crippen LogP contribution in [0.1, 0.15) is 22.3 Å². The second-order valence-corrected chi connectivity index (χ2v) is 7.54. The number of aliphatic hydroxyl groups is 1. The zero-order valence-corrected chi connectivity index (χ0v) is 15.9. The van der Waals surface area contributed by atoms with Crippen molar-refractivity contribution < 1.29 is 14.7 Å². The van der Waals surface area contributed by atoms with Crippen LogP contribution in [0, 0.1) is 20.8 Å². The normalized spacial score (nSPS) is 14.5. The number of aryl methyl sites for hydroxylation is 3. The number of anilines is 1. The lowest BCUT2D eigenvalue weighted by Gasteiger charge is -2.16. The van der Waals surface area contributed by atoms with Crippen LogP contribution in [0.3, 0.4) is 0 Å². The van der Waals surface area contributed by atoms with Crippen LogP contribution in [0.5, 0.6) is 0 Å². The van der Waals surface area contributed by atoms with E-state index < -0.39 is 0 Å². The largest absolute Gasteiger partial charge is 0.396 e. The summed E-state index contributed by atoms with van der Waals surface area (Å²) in [5.41, 5.74) is 4.79. The predicted octanol–water partition coefficient (Wildman–Crippen LogP) is 3.62. The maximum absolute atomic E-state index is 13.2. The van der Waals surface area contributed by atoms with E-state index in [2.05, 4.69) is 0 Å². The number of imide groups is 1. The second-order valence-electron chi connectivity index (χ2n) is 6.43. The van der Waals surface area contributed by atoms with Gasteiger partial charge < -0.3 is 5.11 Å². The molecule has 0 aromatic heterocycles. The number of carbonyl (C=O) groups is 2. The van der Waals surface area contributed by atoms with Gasteiger partial charge in [-0.3, -0.25) is 9.59 Å². The summed E-state index contributed by atoms with van der Waals surface area (Å²) < 4.78 is 0. The summed E-state index contributed by atoms with van der Waals surface area (Å²) in [4.78, 5) is 27.8. The van der Waals surface area contributed by atoms with Crippen molar-refractivity contribution in [3.05, 3.63) is 69.6 Å². The molecule has 0 saturated carbocycles. The fourth-order valence-corrected chi connectivity index (χ4v) is 3.94. The summed E-state index contributed by atoms with van der Waals surface area (Å²) in [6.45, 7) is 5.80. The Bertz CT molecular complexity index is 880. The number of rotatable bonds is 5. The lowest BCUT2D eigenvalue weighted by molar-refractivity contribution is -0.119. The Morgan fingerprint density at radius 3 is 2.08 bits per heavy atom. The molecule has 4 nitrogen and oxygen atoms in total. The SMILES string of the molecule is Cc1ccc(C2=C(SCCO)C(=O)N(c3cc(C)cc(C)c3)C2=O)cc1. The molecule has 0 radical (unpaired) electrons. The average molecular weight is 367 g/mol. The fraction of sp³-hybridized carbons (Fsp3) is 0.238. The van der Waals surface area contributed by atoms with Crippen LogP contribution in [0.25, 0.3) is 5.57 Å². The first-order chi connectivity index (χ1) is 12.4. The number of carbonyl (C=O) groups excluding carboxylic acids is 2. The van der Waals surface area contributed by atoms with Gasteiger partial charge in [-0.1, -0.05) is 35.9 Å². The number of thioether (sulfide) groups is 1. The van der Waals surface area contributed by atoms with E-state index in [-0.39, 0.29) is 18.4 Å². The molecule has 2 aromatic rings. The van der Waals surface area contributed by atoms with Crippen LogP contribution in [-0.2, 0) is 9.59 Å². The highest BCUT2D eigenvalue weighted by atomic mass is 32.2. The fourth-order valence-electron chi connectivity index (χ4n) is 3.08. The average Bonchev–Trinajstić information content (AvgIpc) is 2.83. The summed E-state index contributed by atoms with van der Waals surface area (Å²) >= 11 is 1.23. The van der Waals surface area contributed by atoms with Crippen molar-refractivity contribution in [3.8, 4) is 0 Å². The molecular weight excluding hydrogens is 346 g/mol. The van der Waals surface area contributed by atoms with E-state index in [1.807, 2.05) is 63.2 Å². The van der Waals surface area contributed by atoms with Crippen molar-refractivity contribution in [2.24, 2.45) is 0 Å². The lowest BCUT2D eigenvalue weighted by Crippen LogP contribution is -2.31. The lowest BCUT2D eigenvalue weighted by atomic mass is 10.0. The number of hydrogen-bond acceptors (Lipinski definition) is 4. The molecule has 1 N–H and O–H groups in total. The number of hydrogen-bond donors (Lipinski definition) is 1. The minimum absolute atomic E-state index is 0.0552.